The number of aryl methyl sites for hydroxylation is 2. The first-order valence-electron chi connectivity index (χ1n) is 10.3. The molecule has 1 fully saturated rings. The fraction of sp³-hybridized carbons (Fsp3) is 0.348. The number of carbonyl (C=O) groups excluding carboxylic acids is 3. The van der Waals surface area contributed by atoms with Crippen molar-refractivity contribution in [2.45, 2.75) is 31.0 Å². The van der Waals surface area contributed by atoms with Gasteiger partial charge < -0.3 is 15.1 Å². The first kappa shape index (κ1) is 23.5. The lowest BCUT2D eigenvalue weighted by atomic mass is 10.1. The van der Waals surface area contributed by atoms with E-state index in [9.17, 15) is 22.8 Å². The van der Waals surface area contributed by atoms with Crippen LogP contribution in [0.2, 0.25) is 0 Å². The minimum atomic E-state index is -4.22. The van der Waals surface area contributed by atoms with Crippen LogP contribution in [0.5, 0.6) is 0 Å². The molecule has 0 saturated carbocycles. The van der Waals surface area contributed by atoms with Crippen LogP contribution in [0, 0.1) is 13.8 Å². The number of nitrogens with zero attached hydrogens (tertiary/aromatic N) is 2. The summed E-state index contributed by atoms with van der Waals surface area (Å²) in [7, 11) is -4.22. The molecule has 170 valence electrons. The molecule has 1 aliphatic rings. The maximum Gasteiger partial charge on any atom is 0.261 e. The number of hydrogen-bond acceptors (Lipinski definition) is 5. The number of hydrogen-bond donors (Lipinski definition) is 1. The van der Waals surface area contributed by atoms with Crippen molar-refractivity contribution in [3.63, 3.8) is 0 Å². The molecular weight excluding hydrogens is 430 g/mol. The maximum absolute atomic E-state index is 13.4. The van der Waals surface area contributed by atoms with Gasteiger partial charge in [0, 0.05) is 38.7 Å². The van der Waals surface area contributed by atoms with E-state index in [0.29, 0.717) is 24.2 Å². The van der Waals surface area contributed by atoms with Gasteiger partial charge in [-0.3, -0.25) is 14.4 Å². The topological polar surface area (TPSA) is 104 Å². The molecule has 2 aromatic rings. The van der Waals surface area contributed by atoms with E-state index < -0.39 is 27.0 Å². The molecular formula is C23H27N3O5S. The first-order chi connectivity index (χ1) is 15.1. The summed E-state index contributed by atoms with van der Waals surface area (Å²) >= 11 is 0. The van der Waals surface area contributed by atoms with E-state index in [4.69, 9.17) is 0 Å². The average Bonchev–Trinajstić information content (AvgIpc) is 2.77. The zero-order valence-electron chi connectivity index (χ0n) is 18.4. The van der Waals surface area contributed by atoms with Crippen molar-refractivity contribution in [2.24, 2.45) is 0 Å². The third-order valence-electron chi connectivity index (χ3n) is 5.57. The Morgan fingerprint density at radius 2 is 1.44 bits per heavy atom. The summed E-state index contributed by atoms with van der Waals surface area (Å²) in [5.41, 5.74) is 1.83. The van der Waals surface area contributed by atoms with Crippen molar-refractivity contribution in [2.75, 3.05) is 26.2 Å². The van der Waals surface area contributed by atoms with E-state index in [2.05, 4.69) is 5.32 Å². The van der Waals surface area contributed by atoms with Crippen molar-refractivity contribution in [1.82, 2.24) is 15.1 Å². The third kappa shape index (κ3) is 4.99. The van der Waals surface area contributed by atoms with Gasteiger partial charge in [0.2, 0.25) is 21.1 Å². The van der Waals surface area contributed by atoms with Gasteiger partial charge in [-0.1, -0.05) is 35.9 Å². The molecule has 1 atom stereocenters. The summed E-state index contributed by atoms with van der Waals surface area (Å²) in [6.45, 7) is 6.02. The molecule has 32 heavy (non-hydrogen) atoms. The number of sulfone groups is 1. The number of amides is 3. The largest absolute Gasteiger partial charge is 0.339 e. The van der Waals surface area contributed by atoms with Crippen molar-refractivity contribution in [3.05, 3.63) is 65.2 Å². The van der Waals surface area contributed by atoms with E-state index in [1.165, 1.54) is 24.0 Å². The minimum absolute atomic E-state index is 0.0473. The highest BCUT2D eigenvalue weighted by Crippen LogP contribution is 2.19. The molecule has 0 radical (unpaired) electrons. The van der Waals surface area contributed by atoms with Gasteiger partial charge in [0.05, 0.1) is 4.90 Å². The molecule has 3 rings (SSSR count). The summed E-state index contributed by atoms with van der Waals surface area (Å²) in [6.07, 6.45) is 0. The predicted molar refractivity (Wildman–Crippen MR) is 120 cm³/mol. The number of nitrogens with one attached hydrogen (secondary N) is 1. The van der Waals surface area contributed by atoms with Gasteiger partial charge in [-0.2, -0.15) is 0 Å². The quantitative estimate of drug-likeness (QED) is 0.733. The number of benzene rings is 2. The smallest absolute Gasteiger partial charge is 0.261 e. The lowest BCUT2D eigenvalue weighted by Gasteiger charge is -2.36. The number of carbonyl (C=O) groups is 3. The second-order valence-corrected chi connectivity index (χ2v) is 9.89. The molecule has 8 nitrogen and oxygen atoms in total. The van der Waals surface area contributed by atoms with Crippen LogP contribution in [0.25, 0.3) is 0 Å². The van der Waals surface area contributed by atoms with Crippen LogP contribution >= 0.6 is 0 Å². The third-order valence-corrected chi connectivity index (χ3v) is 7.44. The van der Waals surface area contributed by atoms with Crippen LogP contribution in [0.1, 0.15) is 28.4 Å². The van der Waals surface area contributed by atoms with Crippen LogP contribution in [-0.2, 0) is 19.4 Å². The summed E-state index contributed by atoms with van der Waals surface area (Å²) in [6, 6.07) is 12.9. The molecule has 0 aliphatic carbocycles. The number of rotatable bonds is 5. The zero-order chi connectivity index (χ0) is 23.5. The second kappa shape index (κ2) is 9.52. The SMILES string of the molecule is CC(=O)N1CCN(C(=O)[C@H](NC(=O)c2ccccc2C)S(=O)(=O)c2ccc(C)cc2)CC1. The van der Waals surface area contributed by atoms with E-state index in [0.717, 1.165) is 5.56 Å². The highest BCUT2D eigenvalue weighted by Gasteiger charge is 2.39. The normalized spacial score (nSPS) is 15.2. The highest BCUT2D eigenvalue weighted by atomic mass is 32.2. The fourth-order valence-electron chi connectivity index (χ4n) is 3.57. The van der Waals surface area contributed by atoms with Crippen molar-refractivity contribution in [1.29, 1.82) is 0 Å². The van der Waals surface area contributed by atoms with Gasteiger partial charge in [0.15, 0.2) is 0 Å². The molecule has 9 heteroatoms. The van der Waals surface area contributed by atoms with Crippen LogP contribution < -0.4 is 5.32 Å². The van der Waals surface area contributed by atoms with E-state index >= 15 is 0 Å². The Balaban J connectivity index is 1.93. The van der Waals surface area contributed by atoms with Crippen LogP contribution in [0.15, 0.2) is 53.4 Å². The molecule has 1 aliphatic heterocycles. The molecule has 1 heterocycles. The molecule has 0 spiro atoms. The Bertz CT molecular complexity index is 1120. The van der Waals surface area contributed by atoms with Gasteiger partial charge in [0.25, 0.3) is 11.8 Å². The van der Waals surface area contributed by atoms with Crippen molar-refractivity contribution in [3.8, 4) is 0 Å². The summed E-state index contributed by atoms with van der Waals surface area (Å²) in [5, 5.41) is 0.683. The van der Waals surface area contributed by atoms with Gasteiger partial charge in [-0.25, -0.2) is 8.42 Å². The van der Waals surface area contributed by atoms with Crippen LogP contribution in [0.3, 0.4) is 0 Å². The lowest BCUT2D eigenvalue weighted by Crippen LogP contribution is -2.57. The molecule has 1 saturated heterocycles. The Kier molecular flexibility index (Phi) is 6.98. The maximum atomic E-state index is 13.4. The Morgan fingerprint density at radius 1 is 0.875 bits per heavy atom. The Morgan fingerprint density at radius 3 is 2.00 bits per heavy atom. The van der Waals surface area contributed by atoms with Gasteiger partial charge in [-0.15, -0.1) is 0 Å². The summed E-state index contributed by atoms with van der Waals surface area (Å²) in [5.74, 6) is -1.45. The van der Waals surface area contributed by atoms with E-state index in [-0.39, 0.29) is 23.9 Å². The summed E-state index contributed by atoms with van der Waals surface area (Å²) < 4.78 is 26.9. The second-order valence-electron chi connectivity index (χ2n) is 7.86. The molecule has 0 aromatic heterocycles. The Labute approximate surface area is 188 Å². The highest BCUT2D eigenvalue weighted by molar-refractivity contribution is 7.92. The van der Waals surface area contributed by atoms with Gasteiger partial charge in [-0.05, 0) is 37.6 Å². The molecule has 2 aromatic carbocycles. The number of piperazine rings is 1. The van der Waals surface area contributed by atoms with Crippen molar-refractivity contribution < 1.29 is 22.8 Å². The lowest BCUT2D eigenvalue weighted by molar-refractivity contribution is -0.138. The van der Waals surface area contributed by atoms with Gasteiger partial charge >= 0.3 is 0 Å². The molecule has 0 bridgehead atoms. The van der Waals surface area contributed by atoms with E-state index in [1.54, 1.807) is 48.2 Å². The van der Waals surface area contributed by atoms with Crippen molar-refractivity contribution >= 4 is 27.6 Å². The fourth-order valence-corrected chi connectivity index (χ4v) is 5.03. The Hall–Kier alpha value is -3.20. The zero-order valence-corrected chi connectivity index (χ0v) is 19.2. The van der Waals surface area contributed by atoms with Crippen LogP contribution in [0.4, 0.5) is 0 Å². The molecule has 1 N–H and O–H groups in total. The first-order valence-corrected chi connectivity index (χ1v) is 11.9. The minimum Gasteiger partial charge on any atom is -0.339 e. The summed E-state index contributed by atoms with van der Waals surface area (Å²) in [4.78, 5) is 40.8. The average molecular weight is 458 g/mol. The predicted octanol–water partition coefficient (Wildman–Crippen LogP) is 1.52. The molecule has 3 amide bonds. The molecule has 0 unspecified atom stereocenters. The monoisotopic (exact) mass is 457 g/mol. The van der Waals surface area contributed by atoms with Crippen LogP contribution in [-0.4, -0.2) is 67.5 Å². The van der Waals surface area contributed by atoms with E-state index in [1.807, 2.05) is 6.92 Å². The standard InChI is InChI=1S/C23H27N3O5S/c1-16-8-10-19(11-9-16)32(30,31)22(24-21(28)20-7-5-4-6-17(20)2)23(29)26-14-12-25(13-15-26)18(3)27/h4-11,22H,12-15H2,1-3H3,(H,24,28)/t22-/m1/s1. The van der Waals surface area contributed by atoms with Gasteiger partial charge in [0.1, 0.15) is 0 Å².